The lowest BCUT2D eigenvalue weighted by Gasteiger charge is -2.23. The molecule has 0 atom stereocenters. The summed E-state index contributed by atoms with van der Waals surface area (Å²) in [4.78, 5) is 17.0. The summed E-state index contributed by atoms with van der Waals surface area (Å²) in [5.74, 6) is 0.481. The molecule has 3 rings (SSSR count). The quantitative estimate of drug-likeness (QED) is 0.751. The summed E-state index contributed by atoms with van der Waals surface area (Å²) in [5.41, 5.74) is 1.80. The molecular weight excluding hydrogens is 334 g/mol. The van der Waals surface area contributed by atoms with Gasteiger partial charge in [-0.15, -0.1) is 0 Å². The first kappa shape index (κ1) is 17.7. The highest BCUT2D eigenvalue weighted by atomic mass is 35.5. The van der Waals surface area contributed by atoms with E-state index in [2.05, 4.69) is 27.8 Å². The number of nitrogens with one attached hydrogen (secondary N) is 2. The van der Waals surface area contributed by atoms with Gasteiger partial charge in [0.05, 0.1) is 5.56 Å². The lowest BCUT2D eigenvalue weighted by atomic mass is 9.95. The van der Waals surface area contributed by atoms with E-state index in [1.165, 1.54) is 24.8 Å². The highest BCUT2D eigenvalue weighted by Crippen LogP contribution is 2.20. The molecule has 1 aliphatic carbocycles. The van der Waals surface area contributed by atoms with E-state index in [1.54, 1.807) is 12.1 Å². The maximum Gasteiger partial charge on any atom is 0.255 e. The summed E-state index contributed by atoms with van der Waals surface area (Å²) >= 11 is 6.03. The molecule has 2 N–H and O–H groups in total. The molecule has 1 fully saturated rings. The van der Waals surface area contributed by atoms with Crippen LogP contribution in [0.5, 0.6) is 0 Å². The van der Waals surface area contributed by atoms with Crippen LogP contribution in [0.15, 0.2) is 42.5 Å². The Bertz CT molecular complexity index is 699. The minimum Gasteiger partial charge on any atom is -0.369 e. The number of hydrogen-bond donors (Lipinski definition) is 2. The predicted molar refractivity (Wildman–Crippen MR) is 102 cm³/mol. The molecule has 0 radical (unpaired) electrons. The normalized spacial score (nSPS) is 14.9. The van der Waals surface area contributed by atoms with Crippen molar-refractivity contribution in [3.63, 3.8) is 0 Å². The number of hydrogen-bond acceptors (Lipinski definition) is 3. The molecular formula is C20H24ClN3O. The number of nitrogens with zero attached hydrogens (tertiary/aromatic N) is 1. The van der Waals surface area contributed by atoms with Gasteiger partial charge in [0.25, 0.3) is 5.91 Å². The monoisotopic (exact) mass is 357 g/mol. The zero-order valence-electron chi connectivity index (χ0n) is 14.3. The molecule has 1 saturated carbocycles. The molecule has 1 aliphatic rings. The van der Waals surface area contributed by atoms with Crippen LogP contribution in [0.2, 0.25) is 5.15 Å². The van der Waals surface area contributed by atoms with Crippen LogP contribution in [0.3, 0.4) is 0 Å². The fraction of sp³-hybridized carbons (Fsp3) is 0.400. The smallest absolute Gasteiger partial charge is 0.255 e. The van der Waals surface area contributed by atoms with Gasteiger partial charge < -0.3 is 10.6 Å². The molecule has 0 unspecified atom stereocenters. The molecule has 4 nitrogen and oxygen atoms in total. The standard InChI is InChI=1S/C20H24ClN3O/c21-18-12-11-17(20(25)23-16-9-5-2-6-10-16)19(24-18)22-14-13-15-7-3-1-4-8-15/h1,3-4,7-8,11-12,16H,2,5-6,9-10,13-14H2,(H,22,24)(H,23,25). The van der Waals surface area contributed by atoms with E-state index in [1.807, 2.05) is 18.2 Å². The van der Waals surface area contributed by atoms with Crippen LogP contribution in [0.25, 0.3) is 0 Å². The molecule has 1 aromatic carbocycles. The number of anilines is 1. The van der Waals surface area contributed by atoms with E-state index in [0.717, 1.165) is 19.3 Å². The van der Waals surface area contributed by atoms with Crippen LogP contribution in [-0.2, 0) is 6.42 Å². The van der Waals surface area contributed by atoms with Crippen molar-refractivity contribution in [3.05, 3.63) is 58.7 Å². The van der Waals surface area contributed by atoms with Gasteiger partial charge in [-0.25, -0.2) is 4.98 Å². The minimum absolute atomic E-state index is 0.0710. The second kappa shape index (κ2) is 8.86. The maximum atomic E-state index is 12.6. The average Bonchev–Trinajstić information content (AvgIpc) is 2.63. The maximum absolute atomic E-state index is 12.6. The van der Waals surface area contributed by atoms with Gasteiger partial charge in [-0.3, -0.25) is 4.79 Å². The fourth-order valence-corrected chi connectivity index (χ4v) is 3.38. The fourth-order valence-electron chi connectivity index (χ4n) is 3.23. The van der Waals surface area contributed by atoms with Gasteiger partial charge in [-0.1, -0.05) is 61.2 Å². The van der Waals surface area contributed by atoms with Gasteiger partial charge in [0, 0.05) is 12.6 Å². The molecule has 2 aromatic rings. The van der Waals surface area contributed by atoms with Crippen molar-refractivity contribution in [2.75, 3.05) is 11.9 Å². The Labute approximate surface area is 154 Å². The summed E-state index contributed by atoms with van der Waals surface area (Å²) in [6.45, 7) is 0.696. The summed E-state index contributed by atoms with van der Waals surface area (Å²) in [6, 6.07) is 13.9. The highest BCUT2D eigenvalue weighted by Gasteiger charge is 2.19. The lowest BCUT2D eigenvalue weighted by molar-refractivity contribution is 0.0928. The van der Waals surface area contributed by atoms with Crippen molar-refractivity contribution in [3.8, 4) is 0 Å². The van der Waals surface area contributed by atoms with Crippen LogP contribution in [0, 0.1) is 0 Å². The number of halogens is 1. The summed E-state index contributed by atoms with van der Waals surface area (Å²) in [6.07, 6.45) is 6.62. The van der Waals surface area contributed by atoms with E-state index < -0.39 is 0 Å². The van der Waals surface area contributed by atoms with Crippen LogP contribution in [0.1, 0.15) is 48.0 Å². The second-order valence-corrected chi connectivity index (χ2v) is 6.89. The SMILES string of the molecule is O=C(NC1CCCCC1)c1ccc(Cl)nc1NCCc1ccccc1. The summed E-state index contributed by atoms with van der Waals surface area (Å²) < 4.78 is 0. The van der Waals surface area contributed by atoms with Gasteiger partial charge in [-0.05, 0) is 37.0 Å². The Kier molecular flexibility index (Phi) is 6.29. The van der Waals surface area contributed by atoms with Gasteiger partial charge in [0.2, 0.25) is 0 Å². The number of amides is 1. The summed E-state index contributed by atoms with van der Waals surface area (Å²) in [5, 5.41) is 6.79. The zero-order chi connectivity index (χ0) is 17.5. The van der Waals surface area contributed by atoms with Gasteiger partial charge >= 0.3 is 0 Å². The van der Waals surface area contributed by atoms with Crippen molar-refractivity contribution in [2.24, 2.45) is 0 Å². The van der Waals surface area contributed by atoms with Crippen LogP contribution < -0.4 is 10.6 Å². The van der Waals surface area contributed by atoms with Crippen molar-refractivity contribution < 1.29 is 4.79 Å². The molecule has 5 heteroatoms. The molecule has 1 amide bonds. The number of pyridine rings is 1. The first-order valence-electron chi connectivity index (χ1n) is 8.97. The van der Waals surface area contributed by atoms with Gasteiger partial charge in [-0.2, -0.15) is 0 Å². The number of carbonyl (C=O) groups is 1. The van der Waals surface area contributed by atoms with Crippen molar-refractivity contribution in [1.29, 1.82) is 0 Å². The largest absolute Gasteiger partial charge is 0.369 e. The number of carbonyl (C=O) groups excluding carboxylic acids is 1. The minimum atomic E-state index is -0.0710. The lowest BCUT2D eigenvalue weighted by Crippen LogP contribution is -2.36. The van der Waals surface area contributed by atoms with Crippen LogP contribution in [0.4, 0.5) is 5.82 Å². The predicted octanol–water partition coefficient (Wildman–Crippen LogP) is 4.45. The Hall–Kier alpha value is -2.07. The zero-order valence-corrected chi connectivity index (χ0v) is 15.1. The third kappa shape index (κ3) is 5.20. The Morgan fingerprint density at radius 2 is 1.84 bits per heavy atom. The third-order valence-corrected chi connectivity index (χ3v) is 4.81. The number of rotatable bonds is 6. The van der Waals surface area contributed by atoms with Gasteiger partial charge in [0.1, 0.15) is 11.0 Å². The molecule has 25 heavy (non-hydrogen) atoms. The Morgan fingerprint density at radius 1 is 1.08 bits per heavy atom. The molecule has 1 aromatic heterocycles. The number of benzene rings is 1. The second-order valence-electron chi connectivity index (χ2n) is 6.50. The Morgan fingerprint density at radius 3 is 2.60 bits per heavy atom. The topological polar surface area (TPSA) is 54.0 Å². The van der Waals surface area contributed by atoms with Crippen LogP contribution >= 0.6 is 11.6 Å². The van der Waals surface area contributed by atoms with E-state index >= 15 is 0 Å². The molecule has 1 heterocycles. The van der Waals surface area contributed by atoms with Crippen molar-refractivity contribution in [1.82, 2.24) is 10.3 Å². The van der Waals surface area contributed by atoms with E-state index in [-0.39, 0.29) is 11.9 Å². The molecule has 132 valence electrons. The highest BCUT2D eigenvalue weighted by molar-refractivity contribution is 6.29. The summed E-state index contributed by atoms with van der Waals surface area (Å²) in [7, 11) is 0. The Balaban J connectivity index is 1.63. The van der Waals surface area contributed by atoms with Crippen LogP contribution in [-0.4, -0.2) is 23.5 Å². The molecule has 0 aliphatic heterocycles. The van der Waals surface area contributed by atoms with Crippen molar-refractivity contribution in [2.45, 2.75) is 44.6 Å². The number of aromatic nitrogens is 1. The average molecular weight is 358 g/mol. The first-order valence-corrected chi connectivity index (χ1v) is 9.35. The van der Waals surface area contributed by atoms with Crippen molar-refractivity contribution >= 4 is 23.3 Å². The molecule has 0 bridgehead atoms. The molecule has 0 saturated heterocycles. The van der Waals surface area contributed by atoms with Gasteiger partial charge in [0.15, 0.2) is 0 Å². The van der Waals surface area contributed by atoms with E-state index in [9.17, 15) is 4.79 Å². The molecule has 0 spiro atoms. The van der Waals surface area contributed by atoms with E-state index in [4.69, 9.17) is 11.6 Å². The third-order valence-electron chi connectivity index (χ3n) is 4.60. The van der Waals surface area contributed by atoms with E-state index in [0.29, 0.717) is 23.1 Å². The first-order chi connectivity index (χ1) is 12.2.